The number of hydrogen-bond donors (Lipinski definition) is 2. The van der Waals surface area contributed by atoms with Gasteiger partial charge in [0.2, 0.25) is 5.91 Å². The zero-order chi connectivity index (χ0) is 18.4. The molecule has 138 valence electrons. The maximum atomic E-state index is 12.8. The van der Waals surface area contributed by atoms with E-state index in [-0.39, 0.29) is 17.4 Å². The second kappa shape index (κ2) is 8.37. The summed E-state index contributed by atoms with van der Waals surface area (Å²) >= 11 is 0. The average molecular weight is 352 g/mol. The van der Waals surface area contributed by atoms with Crippen LogP contribution in [0.4, 0.5) is 0 Å². The first-order chi connectivity index (χ1) is 12.6. The molecule has 4 heteroatoms. The van der Waals surface area contributed by atoms with Crippen molar-refractivity contribution in [2.75, 3.05) is 19.6 Å². The van der Waals surface area contributed by atoms with Crippen LogP contribution in [0.25, 0.3) is 0 Å². The maximum absolute atomic E-state index is 12.8. The van der Waals surface area contributed by atoms with Gasteiger partial charge in [0.1, 0.15) is 5.75 Å². The lowest BCUT2D eigenvalue weighted by Gasteiger charge is -2.41. The van der Waals surface area contributed by atoms with Gasteiger partial charge in [0.25, 0.3) is 0 Å². The van der Waals surface area contributed by atoms with Gasteiger partial charge < -0.3 is 15.4 Å². The lowest BCUT2D eigenvalue weighted by atomic mass is 9.75. The summed E-state index contributed by atoms with van der Waals surface area (Å²) in [4.78, 5) is 12.8. The van der Waals surface area contributed by atoms with Crippen LogP contribution in [0.15, 0.2) is 54.6 Å². The van der Waals surface area contributed by atoms with Crippen molar-refractivity contribution >= 4 is 5.91 Å². The molecule has 1 aliphatic heterocycles. The molecule has 2 N–H and O–H groups in total. The highest BCUT2D eigenvalue weighted by Gasteiger charge is 2.43. The molecule has 3 rings (SSSR count). The second-order valence-electron chi connectivity index (χ2n) is 7.37. The van der Waals surface area contributed by atoms with Crippen molar-refractivity contribution in [1.29, 1.82) is 0 Å². The lowest BCUT2D eigenvalue weighted by Crippen LogP contribution is -2.62. The molecule has 0 aliphatic carbocycles. The molecule has 1 saturated heterocycles. The van der Waals surface area contributed by atoms with Crippen molar-refractivity contribution in [3.63, 3.8) is 0 Å². The van der Waals surface area contributed by atoms with E-state index in [1.54, 1.807) is 0 Å². The number of benzene rings is 2. The molecule has 26 heavy (non-hydrogen) atoms. The number of carbonyl (C=O) groups is 1. The third-order valence-electron chi connectivity index (χ3n) is 4.76. The molecule has 1 aliphatic rings. The fourth-order valence-electron chi connectivity index (χ4n) is 3.33. The summed E-state index contributed by atoms with van der Waals surface area (Å²) in [5.41, 5.74) is 2.07. The molecule has 0 saturated carbocycles. The molecule has 1 fully saturated rings. The molecule has 1 heterocycles. The Bertz CT molecular complexity index is 724. The fraction of sp³-hybridized carbons (Fsp3) is 0.409. The standard InChI is InChI=1S/C22H28N2O2/c1-17(2)26-20-10-6-9-18(13-20)11-12-24-21(25)22(15-23-16-22)14-19-7-4-3-5-8-19/h3-10,13,17,23H,11-12,14-16H2,1-2H3,(H,24,25). The minimum atomic E-state index is -0.316. The number of carbonyl (C=O) groups excluding carboxylic acids is 1. The van der Waals surface area contributed by atoms with Crippen molar-refractivity contribution in [3.8, 4) is 5.75 Å². The third-order valence-corrected chi connectivity index (χ3v) is 4.76. The average Bonchev–Trinajstić information content (AvgIpc) is 2.58. The van der Waals surface area contributed by atoms with Gasteiger partial charge >= 0.3 is 0 Å². The van der Waals surface area contributed by atoms with E-state index < -0.39 is 0 Å². The van der Waals surface area contributed by atoms with E-state index >= 15 is 0 Å². The Morgan fingerprint density at radius 1 is 1.12 bits per heavy atom. The van der Waals surface area contributed by atoms with Gasteiger partial charge in [-0.25, -0.2) is 0 Å². The number of amides is 1. The Kier molecular flexibility index (Phi) is 5.94. The molecule has 1 amide bonds. The van der Waals surface area contributed by atoms with Crippen molar-refractivity contribution in [2.45, 2.75) is 32.8 Å². The highest BCUT2D eigenvalue weighted by atomic mass is 16.5. The predicted molar refractivity (Wildman–Crippen MR) is 104 cm³/mol. The number of hydrogen-bond acceptors (Lipinski definition) is 3. The van der Waals surface area contributed by atoms with Crippen LogP contribution >= 0.6 is 0 Å². The van der Waals surface area contributed by atoms with E-state index in [4.69, 9.17) is 4.74 Å². The zero-order valence-corrected chi connectivity index (χ0v) is 15.6. The predicted octanol–water partition coefficient (Wildman–Crippen LogP) is 2.96. The molecule has 0 spiro atoms. The molecule has 0 radical (unpaired) electrons. The van der Waals surface area contributed by atoms with Crippen LogP contribution in [0.3, 0.4) is 0 Å². The van der Waals surface area contributed by atoms with Gasteiger partial charge in [0, 0.05) is 19.6 Å². The van der Waals surface area contributed by atoms with Crippen molar-refractivity contribution in [1.82, 2.24) is 10.6 Å². The highest BCUT2D eigenvalue weighted by Crippen LogP contribution is 2.28. The fourth-order valence-corrected chi connectivity index (χ4v) is 3.33. The number of rotatable bonds is 8. The van der Waals surface area contributed by atoms with E-state index in [0.717, 1.165) is 31.7 Å². The summed E-state index contributed by atoms with van der Waals surface area (Å²) < 4.78 is 5.73. The molecule has 0 aromatic heterocycles. The minimum absolute atomic E-state index is 0.148. The van der Waals surface area contributed by atoms with Crippen LogP contribution in [-0.2, 0) is 17.6 Å². The summed E-state index contributed by atoms with van der Waals surface area (Å²) in [6.07, 6.45) is 1.74. The first kappa shape index (κ1) is 18.5. The first-order valence-corrected chi connectivity index (χ1v) is 9.36. The summed E-state index contributed by atoms with van der Waals surface area (Å²) in [7, 11) is 0. The van der Waals surface area contributed by atoms with Gasteiger partial charge in [0.15, 0.2) is 0 Å². The molecule has 0 atom stereocenters. The van der Waals surface area contributed by atoms with Crippen molar-refractivity contribution in [2.24, 2.45) is 5.41 Å². The Balaban J connectivity index is 1.53. The molecule has 2 aromatic carbocycles. The summed E-state index contributed by atoms with van der Waals surface area (Å²) in [6, 6.07) is 18.3. The SMILES string of the molecule is CC(C)Oc1cccc(CCNC(=O)C2(Cc3ccccc3)CNC2)c1. The summed E-state index contributed by atoms with van der Waals surface area (Å²) in [5, 5.41) is 6.39. The van der Waals surface area contributed by atoms with Gasteiger partial charge in [-0.2, -0.15) is 0 Å². The van der Waals surface area contributed by atoms with E-state index in [1.807, 2.05) is 44.2 Å². The molecule has 2 aromatic rings. The highest BCUT2D eigenvalue weighted by molar-refractivity contribution is 5.84. The molecule has 0 bridgehead atoms. The van der Waals surface area contributed by atoms with Crippen LogP contribution < -0.4 is 15.4 Å². The van der Waals surface area contributed by atoms with Crippen molar-refractivity contribution in [3.05, 3.63) is 65.7 Å². The zero-order valence-electron chi connectivity index (χ0n) is 15.6. The summed E-state index contributed by atoms with van der Waals surface area (Å²) in [6.45, 7) is 6.16. The largest absolute Gasteiger partial charge is 0.491 e. The van der Waals surface area contributed by atoms with Gasteiger partial charge in [-0.15, -0.1) is 0 Å². The second-order valence-corrected chi connectivity index (χ2v) is 7.37. The Morgan fingerprint density at radius 3 is 2.50 bits per heavy atom. The smallest absolute Gasteiger partial charge is 0.229 e. The first-order valence-electron chi connectivity index (χ1n) is 9.36. The van der Waals surface area contributed by atoms with Crippen LogP contribution in [0.2, 0.25) is 0 Å². The van der Waals surface area contributed by atoms with Crippen molar-refractivity contribution < 1.29 is 9.53 Å². The quantitative estimate of drug-likeness (QED) is 0.768. The Labute approximate surface area is 156 Å². The van der Waals surface area contributed by atoms with Crippen LogP contribution in [-0.4, -0.2) is 31.6 Å². The van der Waals surface area contributed by atoms with Gasteiger partial charge in [-0.05, 0) is 49.9 Å². The van der Waals surface area contributed by atoms with Gasteiger partial charge in [-0.1, -0.05) is 42.5 Å². The van der Waals surface area contributed by atoms with Gasteiger partial charge in [-0.3, -0.25) is 4.79 Å². The maximum Gasteiger partial charge on any atom is 0.229 e. The van der Waals surface area contributed by atoms with E-state index in [9.17, 15) is 4.79 Å². The number of ether oxygens (including phenoxy) is 1. The Hall–Kier alpha value is -2.33. The van der Waals surface area contributed by atoms with Crippen LogP contribution in [0, 0.1) is 5.41 Å². The summed E-state index contributed by atoms with van der Waals surface area (Å²) in [5.74, 6) is 1.03. The van der Waals surface area contributed by atoms with E-state index in [2.05, 4.69) is 34.9 Å². The monoisotopic (exact) mass is 352 g/mol. The molecular formula is C22H28N2O2. The van der Waals surface area contributed by atoms with Gasteiger partial charge in [0.05, 0.1) is 11.5 Å². The molecular weight excluding hydrogens is 324 g/mol. The van der Waals surface area contributed by atoms with E-state index in [0.29, 0.717) is 6.54 Å². The molecule has 0 unspecified atom stereocenters. The third kappa shape index (κ3) is 4.64. The molecule has 4 nitrogen and oxygen atoms in total. The minimum Gasteiger partial charge on any atom is -0.491 e. The number of nitrogens with one attached hydrogen (secondary N) is 2. The van der Waals surface area contributed by atoms with Crippen LogP contribution in [0.1, 0.15) is 25.0 Å². The lowest BCUT2D eigenvalue weighted by molar-refractivity contribution is -0.133. The van der Waals surface area contributed by atoms with Crippen LogP contribution in [0.5, 0.6) is 5.75 Å². The topological polar surface area (TPSA) is 50.4 Å². The normalized spacial score (nSPS) is 15.3. The Morgan fingerprint density at radius 2 is 1.85 bits per heavy atom. The van der Waals surface area contributed by atoms with E-state index in [1.165, 1.54) is 11.1 Å².